The Hall–Kier alpha value is -0.300. The molecule has 0 radical (unpaired) electrons. The number of likely N-dealkylation sites (tertiary alicyclic amines) is 1. The summed E-state index contributed by atoms with van der Waals surface area (Å²) in [5.74, 6) is 0. The van der Waals surface area contributed by atoms with Gasteiger partial charge in [0.05, 0.1) is 0 Å². The third-order valence-electron chi connectivity index (χ3n) is 4.38. The Morgan fingerprint density at radius 2 is 1.93 bits per heavy atom. The molecule has 2 rings (SSSR count). The van der Waals surface area contributed by atoms with Crippen molar-refractivity contribution in [2.24, 2.45) is 5.41 Å². The molecule has 1 spiro atoms. The van der Waals surface area contributed by atoms with Crippen LogP contribution < -0.4 is 0 Å². The summed E-state index contributed by atoms with van der Waals surface area (Å²) in [6, 6.07) is 0. The fourth-order valence-corrected chi connectivity index (χ4v) is 3.18. The zero-order valence-corrected chi connectivity index (χ0v) is 9.84. The van der Waals surface area contributed by atoms with E-state index in [1.54, 1.807) is 0 Å². The van der Waals surface area contributed by atoms with Gasteiger partial charge in [0.15, 0.2) is 0 Å². The predicted molar refractivity (Wildman–Crippen MR) is 61.4 cm³/mol. The molecular formula is C13H23N. The fraction of sp³-hybridized carbons (Fsp3) is 0.846. The maximum atomic E-state index is 2.52. The molecule has 1 fully saturated rings. The van der Waals surface area contributed by atoms with Crippen LogP contribution in [0.4, 0.5) is 0 Å². The van der Waals surface area contributed by atoms with Gasteiger partial charge in [0, 0.05) is 5.54 Å². The molecule has 1 atom stereocenters. The second kappa shape index (κ2) is 3.37. The predicted octanol–water partition coefficient (Wildman–Crippen LogP) is 3.22. The van der Waals surface area contributed by atoms with Gasteiger partial charge in [-0.25, -0.2) is 0 Å². The summed E-state index contributed by atoms with van der Waals surface area (Å²) in [6.45, 7) is 6.07. The van der Waals surface area contributed by atoms with Gasteiger partial charge in [0.2, 0.25) is 0 Å². The van der Waals surface area contributed by atoms with E-state index in [-0.39, 0.29) is 0 Å². The molecule has 1 heterocycles. The standard InChI is InChI=1S/C13H23N/c1-12(2)11-13(9-10-14(12)3)7-5-4-6-8-13/h4-5H,6-11H2,1-3H3. The molecule has 1 aliphatic heterocycles. The molecule has 0 aromatic heterocycles. The van der Waals surface area contributed by atoms with Gasteiger partial charge in [0.25, 0.3) is 0 Å². The Morgan fingerprint density at radius 3 is 2.50 bits per heavy atom. The second-order valence-electron chi connectivity index (χ2n) is 5.87. The Bertz CT molecular complexity index is 242. The van der Waals surface area contributed by atoms with Crippen LogP contribution in [0.3, 0.4) is 0 Å². The number of allylic oxidation sites excluding steroid dienone is 2. The van der Waals surface area contributed by atoms with Crippen LogP contribution in [-0.2, 0) is 0 Å². The highest BCUT2D eigenvalue weighted by Crippen LogP contribution is 2.47. The number of hydrogen-bond acceptors (Lipinski definition) is 1. The average molecular weight is 193 g/mol. The molecule has 0 aromatic carbocycles. The lowest BCUT2D eigenvalue weighted by molar-refractivity contribution is 0.00916. The third kappa shape index (κ3) is 1.75. The summed E-state index contributed by atoms with van der Waals surface area (Å²) in [5.41, 5.74) is 1.05. The lowest BCUT2D eigenvalue weighted by Gasteiger charge is -2.51. The van der Waals surface area contributed by atoms with Crippen LogP contribution in [0.1, 0.15) is 46.0 Å². The van der Waals surface area contributed by atoms with Gasteiger partial charge >= 0.3 is 0 Å². The molecule has 1 saturated heterocycles. The highest BCUT2D eigenvalue weighted by atomic mass is 15.2. The molecular weight excluding hydrogens is 170 g/mol. The highest BCUT2D eigenvalue weighted by Gasteiger charge is 2.41. The van der Waals surface area contributed by atoms with Gasteiger partial charge in [-0.1, -0.05) is 12.2 Å². The first-order chi connectivity index (χ1) is 6.54. The third-order valence-corrected chi connectivity index (χ3v) is 4.38. The molecule has 0 bridgehead atoms. The van der Waals surface area contributed by atoms with Crippen LogP contribution in [0.25, 0.3) is 0 Å². The maximum absolute atomic E-state index is 2.52. The van der Waals surface area contributed by atoms with Crippen molar-refractivity contribution in [2.45, 2.75) is 51.5 Å². The Morgan fingerprint density at radius 1 is 1.14 bits per heavy atom. The van der Waals surface area contributed by atoms with Crippen molar-refractivity contribution in [1.29, 1.82) is 0 Å². The lowest BCUT2D eigenvalue weighted by atomic mass is 9.65. The van der Waals surface area contributed by atoms with Crippen molar-refractivity contribution >= 4 is 0 Å². The van der Waals surface area contributed by atoms with Gasteiger partial charge in [0.1, 0.15) is 0 Å². The van der Waals surface area contributed by atoms with Crippen molar-refractivity contribution in [3.8, 4) is 0 Å². The van der Waals surface area contributed by atoms with Gasteiger partial charge < -0.3 is 4.90 Å². The fourth-order valence-electron chi connectivity index (χ4n) is 3.18. The van der Waals surface area contributed by atoms with E-state index in [1.165, 1.54) is 38.6 Å². The normalized spacial score (nSPS) is 37.6. The van der Waals surface area contributed by atoms with Crippen LogP contribution in [0.15, 0.2) is 12.2 Å². The second-order valence-corrected chi connectivity index (χ2v) is 5.87. The van der Waals surface area contributed by atoms with E-state index in [0.717, 1.165) is 0 Å². The van der Waals surface area contributed by atoms with Gasteiger partial charge in [-0.15, -0.1) is 0 Å². The zero-order valence-electron chi connectivity index (χ0n) is 9.84. The van der Waals surface area contributed by atoms with Crippen molar-refractivity contribution in [3.63, 3.8) is 0 Å². The van der Waals surface area contributed by atoms with E-state index >= 15 is 0 Å². The van der Waals surface area contributed by atoms with E-state index < -0.39 is 0 Å². The summed E-state index contributed by atoms with van der Waals surface area (Å²) >= 11 is 0. The molecule has 0 N–H and O–H groups in total. The van der Waals surface area contributed by atoms with E-state index in [1.807, 2.05) is 0 Å². The molecule has 0 saturated carbocycles. The minimum Gasteiger partial charge on any atom is -0.301 e. The summed E-state index contributed by atoms with van der Waals surface area (Å²) in [5, 5.41) is 0. The summed E-state index contributed by atoms with van der Waals surface area (Å²) in [6.07, 6.45) is 11.6. The molecule has 14 heavy (non-hydrogen) atoms. The minimum atomic E-state index is 0.406. The number of nitrogens with zero attached hydrogens (tertiary/aromatic N) is 1. The number of rotatable bonds is 0. The van der Waals surface area contributed by atoms with Crippen molar-refractivity contribution in [2.75, 3.05) is 13.6 Å². The first-order valence-corrected chi connectivity index (χ1v) is 5.90. The molecule has 1 nitrogen and oxygen atoms in total. The molecule has 0 aromatic rings. The molecule has 1 heteroatoms. The van der Waals surface area contributed by atoms with Gasteiger partial charge in [-0.3, -0.25) is 0 Å². The van der Waals surface area contributed by atoms with E-state index in [4.69, 9.17) is 0 Å². The smallest absolute Gasteiger partial charge is 0.0155 e. The largest absolute Gasteiger partial charge is 0.301 e. The Labute approximate surface area is 88.2 Å². The van der Waals surface area contributed by atoms with E-state index in [9.17, 15) is 0 Å². The number of piperidine rings is 1. The Kier molecular flexibility index (Phi) is 2.46. The van der Waals surface area contributed by atoms with Crippen molar-refractivity contribution in [1.82, 2.24) is 4.90 Å². The van der Waals surface area contributed by atoms with Gasteiger partial charge in [-0.05, 0) is 65.0 Å². The minimum absolute atomic E-state index is 0.406. The van der Waals surface area contributed by atoms with Gasteiger partial charge in [-0.2, -0.15) is 0 Å². The van der Waals surface area contributed by atoms with Crippen LogP contribution in [0.5, 0.6) is 0 Å². The SMILES string of the molecule is CN1CCC2(CC=CCC2)CC1(C)C. The Balaban J connectivity index is 2.12. The quantitative estimate of drug-likeness (QED) is 0.534. The van der Waals surface area contributed by atoms with Crippen LogP contribution in [0.2, 0.25) is 0 Å². The summed E-state index contributed by atoms with van der Waals surface area (Å²) in [7, 11) is 2.27. The maximum Gasteiger partial charge on any atom is 0.0155 e. The average Bonchev–Trinajstić information content (AvgIpc) is 2.13. The number of hydrogen-bond donors (Lipinski definition) is 0. The molecule has 0 amide bonds. The van der Waals surface area contributed by atoms with Crippen LogP contribution in [-0.4, -0.2) is 24.0 Å². The highest BCUT2D eigenvalue weighted by molar-refractivity contribution is 5.04. The van der Waals surface area contributed by atoms with E-state index in [2.05, 4.69) is 37.9 Å². The molecule has 80 valence electrons. The molecule has 2 aliphatic rings. The summed E-state index contributed by atoms with van der Waals surface area (Å²) < 4.78 is 0. The molecule has 1 aliphatic carbocycles. The monoisotopic (exact) mass is 193 g/mol. The first kappa shape index (κ1) is 10.2. The van der Waals surface area contributed by atoms with Crippen LogP contribution >= 0.6 is 0 Å². The summed E-state index contributed by atoms with van der Waals surface area (Å²) in [4.78, 5) is 2.52. The van der Waals surface area contributed by atoms with Crippen molar-refractivity contribution in [3.05, 3.63) is 12.2 Å². The molecule has 1 unspecified atom stereocenters. The van der Waals surface area contributed by atoms with Crippen molar-refractivity contribution < 1.29 is 0 Å². The van der Waals surface area contributed by atoms with E-state index in [0.29, 0.717) is 11.0 Å². The van der Waals surface area contributed by atoms with Crippen LogP contribution in [0, 0.1) is 5.41 Å². The lowest BCUT2D eigenvalue weighted by Crippen LogP contribution is -2.51. The zero-order chi connectivity index (χ0) is 10.2. The topological polar surface area (TPSA) is 3.24 Å². The first-order valence-electron chi connectivity index (χ1n) is 5.90.